The second-order valence-corrected chi connectivity index (χ2v) is 7.16. The molecule has 6 heteroatoms. The van der Waals surface area contributed by atoms with Crippen LogP contribution in [0.5, 0.6) is 0 Å². The minimum absolute atomic E-state index is 0.0274. The largest absolute Gasteiger partial charge is 0.459 e. The summed E-state index contributed by atoms with van der Waals surface area (Å²) in [7, 11) is -3.00. The molecule has 2 aromatic rings. The van der Waals surface area contributed by atoms with Crippen molar-refractivity contribution in [3.05, 3.63) is 65.7 Å². The van der Waals surface area contributed by atoms with Crippen molar-refractivity contribution in [2.24, 2.45) is 4.36 Å². The van der Waals surface area contributed by atoms with Crippen LogP contribution in [0.1, 0.15) is 11.1 Å². The van der Waals surface area contributed by atoms with E-state index in [-0.39, 0.29) is 13.2 Å². The number of aryl methyl sites for hydroxylation is 1. The van der Waals surface area contributed by atoms with Crippen molar-refractivity contribution in [1.82, 2.24) is 0 Å². The first-order valence-corrected chi connectivity index (χ1v) is 8.69. The van der Waals surface area contributed by atoms with Crippen LogP contribution in [0.15, 0.2) is 63.9 Å². The zero-order valence-electron chi connectivity index (χ0n) is 12.7. The molecule has 0 bridgehead atoms. The van der Waals surface area contributed by atoms with Crippen molar-refractivity contribution in [3.63, 3.8) is 0 Å². The lowest BCUT2D eigenvalue weighted by atomic mass is 10.2. The third kappa shape index (κ3) is 3.60. The van der Waals surface area contributed by atoms with Crippen LogP contribution < -0.4 is 0 Å². The normalized spacial score (nSPS) is 23.3. The molecule has 1 aliphatic heterocycles. The van der Waals surface area contributed by atoms with E-state index in [1.54, 1.807) is 12.1 Å². The molecule has 2 atom stereocenters. The van der Waals surface area contributed by atoms with Gasteiger partial charge < -0.3 is 4.74 Å². The molecule has 0 N–H and O–H groups in total. The van der Waals surface area contributed by atoms with Crippen molar-refractivity contribution in [2.75, 3.05) is 6.61 Å². The Labute approximate surface area is 135 Å². The molecule has 1 aliphatic rings. The summed E-state index contributed by atoms with van der Waals surface area (Å²) in [5.74, 6) is -0.522. The van der Waals surface area contributed by atoms with E-state index in [9.17, 15) is 9.00 Å². The molecule has 0 spiro atoms. The minimum atomic E-state index is -3.00. The fraction of sp³-hybridized carbons (Fsp3) is 0.235. The fourth-order valence-corrected chi connectivity index (χ4v) is 3.75. The molecule has 0 fully saturated rings. The van der Waals surface area contributed by atoms with Gasteiger partial charge in [0.15, 0.2) is 16.1 Å². The van der Waals surface area contributed by atoms with Crippen molar-refractivity contribution in [2.45, 2.75) is 24.5 Å². The molecule has 0 aromatic heterocycles. The highest BCUT2D eigenvalue weighted by Gasteiger charge is 2.32. The summed E-state index contributed by atoms with van der Waals surface area (Å²) in [5.41, 5.74) is 1.94. The topological polar surface area (TPSA) is 65.0 Å². The summed E-state index contributed by atoms with van der Waals surface area (Å²) in [6.45, 7) is 2.07. The number of esters is 1. The molecular formula is C17H17NO4S. The van der Waals surface area contributed by atoms with Gasteiger partial charge in [0.25, 0.3) is 0 Å². The van der Waals surface area contributed by atoms with Crippen molar-refractivity contribution in [3.8, 4) is 0 Å². The summed E-state index contributed by atoms with van der Waals surface area (Å²) >= 11 is 0. The zero-order valence-corrected chi connectivity index (χ0v) is 13.5. The van der Waals surface area contributed by atoms with Gasteiger partial charge >= 0.3 is 5.97 Å². The van der Waals surface area contributed by atoms with Crippen LogP contribution in [0.2, 0.25) is 0 Å². The Morgan fingerprint density at radius 1 is 1.22 bits per heavy atom. The van der Waals surface area contributed by atoms with Crippen LogP contribution in [-0.4, -0.2) is 22.8 Å². The molecule has 23 heavy (non-hydrogen) atoms. The van der Waals surface area contributed by atoms with E-state index < -0.39 is 22.0 Å². The average molecular weight is 331 g/mol. The Hall–Kier alpha value is -2.18. The van der Waals surface area contributed by atoms with Crippen LogP contribution in [-0.2, 0) is 30.3 Å². The molecule has 0 saturated carbocycles. The Bertz CT molecular complexity index is 808. The van der Waals surface area contributed by atoms with Crippen LogP contribution in [0.3, 0.4) is 0 Å². The SMILES string of the molecule is Cc1ccc(S2(=O)=NC(C(=O)OCc3ccccc3)CO2)cc1. The minimum Gasteiger partial charge on any atom is -0.459 e. The van der Waals surface area contributed by atoms with E-state index in [4.69, 9.17) is 8.92 Å². The van der Waals surface area contributed by atoms with Crippen molar-refractivity contribution < 1.29 is 17.9 Å². The second-order valence-electron chi connectivity index (χ2n) is 5.29. The van der Waals surface area contributed by atoms with Gasteiger partial charge in [-0.1, -0.05) is 48.0 Å². The van der Waals surface area contributed by atoms with Gasteiger partial charge in [-0.05, 0) is 24.6 Å². The summed E-state index contributed by atoms with van der Waals surface area (Å²) in [6, 6.07) is 15.6. The lowest BCUT2D eigenvalue weighted by Gasteiger charge is -2.06. The fourth-order valence-electron chi connectivity index (χ4n) is 2.16. The van der Waals surface area contributed by atoms with Gasteiger partial charge in [0, 0.05) is 0 Å². The number of carbonyl (C=O) groups excluding carboxylic acids is 1. The molecule has 0 aliphatic carbocycles. The third-order valence-corrected chi connectivity index (χ3v) is 5.32. The molecule has 2 unspecified atom stereocenters. The average Bonchev–Trinajstić information content (AvgIpc) is 2.98. The highest BCUT2D eigenvalue weighted by molar-refractivity contribution is 7.89. The predicted octanol–water partition coefficient (Wildman–Crippen LogP) is 2.88. The molecule has 0 amide bonds. The highest BCUT2D eigenvalue weighted by atomic mass is 32.2. The molecule has 5 nitrogen and oxygen atoms in total. The van der Waals surface area contributed by atoms with Crippen molar-refractivity contribution in [1.29, 1.82) is 0 Å². The molecule has 3 rings (SSSR count). The van der Waals surface area contributed by atoms with E-state index in [1.807, 2.05) is 49.4 Å². The van der Waals surface area contributed by atoms with Crippen LogP contribution in [0.4, 0.5) is 0 Å². The number of carbonyl (C=O) groups is 1. The maximum atomic E-state index is 12.7. The summed E-state index contributed by atoms with van der Waals surface area (Å²) in [6.07, 6.45) is 0. The van der Waals surface area contributed by atoms with Gasteiger partial charge in [-0.15, -0.1) is 0 Å². The van der Waals surface area contributed by atoms with Gasteiger partial charge in [-0.3, -0.25) is 4.18 Å². The Balaban J connectivity index is 1.70. The molecular weight excluding hydrogens is 314 g/mol. The molecule has 2 aromatic carbocycles. The Morgan fingerprint density at radius 3 is 2.61 bits per heavy atom. The quantitative estimate of drug-likeness (QED) is 0.808. The maximum Gasteiger partial charge on any atom is 0.334 e. The molecule has 1 heterocycles. The molecule has 0 saturated heterocycles. The Morgan fingerprint density at radius 2 is 1.91 bits per heavy atom. The summed E-state index contributed by atoms with van der Waals surface area (Å²) in [4.78, 5) is 12.5. The van der Waals surface area contributed by atoms with Gasteiger partial charge in [-0.25, -0.2) is 9.00 Å². The maximum absolute atomic E-state index is 12.7. The number of benzene rings is 2. The number of rotatable bonds is 4. The lowest BCUT2D eigenvalue weighted by Crippen LogP contribution is -2.22. The highest BCUT2D eigenvalue weighted by Crippen LogP contribution is 2.23. The molecule has 0 radical (unpaired) electrons. The Kier molecular flexibility index (Phi) is 4.45. The van der Waals surface area contributed by atoms with Gasteiger partial charge in [0.2, 0.25) is 0 Å². The third-order valence-electron chi connectivity index (χ3n) is 3.47. The van der Waals surface area contributed by atoms with Gasteiger partial charge in [0.1, 0.15) is 6.61 Å². The van der Waals surface area contributed by atoms with Crippen LogP contribution in [0.25, 0.3) is 0 Å². The van der Waals surface area contributed by atoms with E-state index in [1.165, 1.54) is 0 Å². The monoisotopic (exact) mass is 331 g/mol. The smallest absolute Gasteiger partial charge is 0.334 e. The summed E-state index contributed by atoms with van der Waals surface area (Å²) in [5, 5.41) is 0. The van der Waals surface area contributed by atoms with Gasteiger partial charge in [0.05, 0.1) is 11.5 Å². The first-order valence-electron chi connectivity index (χ1n) is 7.25. The number of hydrogen-bond acceptors (Lipinski definition) is 5. The van der Waals surface area contributed by atoms with E-state index in [0.717, 1.165) is 11.1 Å². The summed E-state index contributed by atoms with van der Waals surface area (Å²) < 4.78 is 27.3. The first-order chi connectivity index (χ1) is 11.1. The standard InChI is InChI=1S/C17H17NO4S/c1-13-7-9-15(10-8-13)23(20)18-16(12-22-23)17(19)21-11-14-5-3-2-4-6-14/h2-10,16H,11-12H2,1H3. The number of hydrogen-bond donors (Lipinski definition) is 0. The first kappa shape index (κ1) is 15.7. The number of nitrogens with zero attached hydrogens (tertiary/aromatic N) is 1. The lowest BCUT2D eigenvalue weighted by molar-refractivity contribution is -0.146. The van der Waals surface area contributed by atoms with E-state index in [0.29, 0.717) is 4.90 Å². The predicted molar refractivity (Wildman–Crippen MR) is 86.0 cm³/mol. The van der Waals surface area contributed by atoms with Crippen molar-refractivity contribution >= 4 is 16.0 Å². The number of ether oxygens (including phenoxy) is 1. The van der Waals surface area contributed by atoms with Crippen LogP contribution >= 0.6 is 0 Å². The van der Waals surface area contributed by atoms with Gasteiger partial charge in [-0.2, -0.15) is 4.36 Å². The molecule has 120 valence electrons. The van der Waals surface area contributed by atoms with E-state index >= 15 is 0 Å². The zero-order chi connectivity index (χ0) is 16.3. The second kappa shape index (κ2) is 6.52. The van der Waals surface area contributed by atoms with Crippen LogP contribution in [0, 0.1) is 6.92 Å². The van der Waals surface area contributed by atoms with E-state index in [2.05, 4.69) is 4.36 Å².